The second kappa shape index (κ2) is 9.77. The fraction of sp³-hybridized carbons (Fsp3) is 0.640. The molecule has 0 saturated carbocycles. The Morgan fingerprint density at radius 3 is 2.56 bits per heavy atom. The minimum Gasteiger partial charge on any atom is -0.497 e. The molecule has 1 aromatic rings. The van der Waals surface area contributed by atoms with E-state index in [-0.39, 0.29) is 35.5 Å². The second-order valence-corrected chi connectivity index (χ2v) is 11.1. The Morgan fingerprint density at radius 1 is 1.26 bits per heavy atom. The normalized spacial score (nSPS) is 32.4. The third-order valence-corrected chi connectivity index (χ3v) is 9.79. The Labute approximate surface area is 205 Å². The maximum Gasteiger partial charge on any atom is 0.248 e. The zero-order valence-corrected chi connectivity index (χ0v) is 21.1. The van der Waals surface area contributed by atoms with Gasteiger partial charge in [-0.3, -0.25) is 14.4 Å². The lowest BCUT2D eigenvalue weighted by Crippen LogP contribution is -2.57. The molecule has 2 bridgehead atoms. The number of benzene rings is 1. The molecule has 3 amide bonds. The van der Waals surface area contributed by atoms with Crippen LogP contribution >= 0.6 is 11.8 Å². The van der Waals surface area contributed by atoms with Crippen LogP contribution in [0.4, 0.5) is 5.69 Å². The van der Waals surface area contributed by atoms with Gasteiger partial charge in [0.25, 0.3) is 0 Å². The second-order valence-electron chi connectivity index (χ2n) is 9.55. The summed E-state index contributed by atoms with van der Waals surface area (Å²) in [5.74, 6) is -0.830. The molecule has 8 nitrogen and oxygen atoms in total. The number of nitrogens with zero attached hydrogens (tertiary/aromatic N) is 1. The van der Waals surface area contributed by atoms with Gasteiger partial charge >= 0.3 is 0 Å². The number of methoxy groups -OCH3 is 1. The van der Waals surface area contributed by atoms with E-state index < -0.39 is 28.7 Å². The third-order valence-electron chi connectivity index (χ3n) is 7.72. The minimum atomic E-state index is -0.766. The van der Waals surface area contributed by atoms with Crippen molar-refractivity contribution in [1.82, 2.24) is 10.2 Å². The molecule has 0 aliphatic carbocycles. The molecule has 3 heterocycles. The van der Waals surface area contributed by atoms with Crippen molar-refractivity contribution in [2.24, 2.45) is 17.8 Å². The van der Waals surface area contributed by atoms with Gasteiger partial charge in [-0.1, -0.05) is 20.8 Å². The van der Waals surface area contributed by atoms with E-state index >= 15 is 0 Å². The van der Waals surface area contributed by atoms with Gasteiger partial charge < -0.3 is 25.4 Å². The summed E-state index contributed by atoms with van der Waals surface area (Å²) in [7, 11) is 1.58. The highest BCUT2D eigenvalue weighted by molar-refractivity contribution is 8.02. The Balaban J connectivity index is 1.72. The van der Waals surface area contributed by atoms with Crippen LogP contribution in [0.15, 0.2) is 24.3 Å². The highest BCUT2D eigenvalue weighted by Crippen LogP contribution is 2.68. The summed E-state index contributed by atoms with van der Waals surface area (Å²) >= 11 is 1.64. The first-order valence-electron chi connectivity index (χ1n) is 12.2. The van der Waals surface area contributed by atoms with Crippen LogP contribution < -0.4 is 15.4 Å². The number of carbonyl (C=O) groups is 3. The number of aliphatic hydroxyl groups excluding tert-OH is 1. The Bertz CT molecular complexity index is 937. The highest BCUT2D eigenvalue weighted by Gasteiger charge is 2.76. The maximum atomic E-state index is 13.9. The average molecular weight is 490 g/mol. The monoisotopic (exact) mass is 489 g/mol. The standard InChI is InChI=1S/C25H35N3O5S/c1-5-11-26-22(30)19-18-12-14(3)25(34-18)20(19)24(32)28(16(6-2)13-29)21(25)23(31)27-15-7-9-17(33-4)10-8-15/h7-10,14,16,18-21,29H,5-6,11-13H2,1-4H3,(H,26,30)(H,27,31)/t14?,16-,18-,19+,20-,21?,25?/m0/s1. The summed E-state index contributed by atoms with van der Waals surface area (Å²) in [4.78, 5) is 42.6. The SMILES string of the molecule is CCCNC(=O)[C@@H]1[C@@H]2CC(C)C3(S2)C(C(=O)Nc2ccc(OC)cc2)N([C@@H](CC)CO)C(=O)[C@H]13. The van der Waals surface area contributed by atoms with Gasteiger partial charge in [-0.15, -0.1) is 11.8 Å². The van der Waals surface area contributed by atoms with Crippen molar-refractivity contribution in [2.45, 2.75) is 62.1 Å². The third kappa shape index (κ3) is 3.77. The fourth-order valence-corrected chi connectivity index (χ4v) is 8.53. The fourth-order valence-electron chi connectivity index (χ4n) is 6.12. The van der Waals surface area contributed by atoms with Gasteiger partial charge in [0.1, 0.15) is 11.8 Å². The summed E-state index contributed by atoms with van der Waals surface area (Å²) in [6, 6.07) is 5.82. The van der Waals surface area contributed by atoms with Gasteiger partial charge in [0.05, 0.1) is 36.3 Å². The molecule has 3 saturated heterocycles. The summed E-state index contributed by atoms with van der Waals surface area (Å²) in [5, 5.41) is 16.1. The lowest BCUT2D eigenvalue weighted by atomic mass is 9.66. The molecule has 0 aromatic heterocycles. The van der Waals surface area contributed by atoms with Crippen LogP contribution in [0.1, 0.15) is 40.0 Å². The van der Waals surface area contributed by atoms with E-state index in [0.29, 0.717) is 24.4 Å². The Morgan fingerprint density at radius 2 is 1.97 bits per heavy atom. The number of ether oxygens (including phenoxy) is 1. The predicted octanol–water partition coefficient (Wildman–Crippen LogP) is 2.27. The van der Waals surface area contributed by atoms with Crippen molar-refractivity contribution in [2.75, 3.05) is 25.6 Å². The number of thioether (sulfide) groups is 1. The maximum absolute atomic E-state index is 13.9. The number of fused-ring (bicyclic) bond motifs is 1. The topological polar surface area (TPSA) is 108 Å². The number of nitrogens with one attached hydrogen (secondary N) is 2. The number of aliphatic hydroxyl groups is 1. The first-order valence-corrected chi connectivity index (χ1v) is 13.0. The van der Waals surface area contributed by atoms with Gasteiger partial charge in [0, 0.05) is 17.5 Å². The summed E-state index contributed by atoms with van der Waals surface area (Å²) in [5.41, 5.74) is 0.609. The molecular weight excluding hydrogens is 454 g/mol. The summed E-state index contributed by atoms with van der Waals surface area (Å²) in [6.07, 6.45) is 2.12. The molecule has 1 spiro atoms. The molecule has 34 heavy (non-hydrogen) atoms. The van der Waals surface area contributed by atoms with E-state index in [9.17, 15) is 19.5 Å². The van der Waals surface area contributed by atoms with Crippen LogP contribution in [-0.2, 0) is 14.4 Å². The number of hydrogen-bond donors (Lipinski definition) is 3. The number of likely N-dealkylation sites (tertiary alicyclic amines) is 1. The zero-order valence-electron chi connectivity index (χ0n) is 20.2. The summed E-state index contributed by atoms with van der Waals surface area (Å²) in [6.45, 7) is 6.32. The van der Waals surface area contributed by atoms with Crippen molar-refractivity contribution in [3.8, 4) is 5.75 Å². The van der Waals surface area contributed by atoms with Gasteiger partial charge in [0.15, 0.2) is 0 Å². The molecule has 186 valence electrons. The van der Waals surface area contributed by atoms with Crippen LogP contribution in [0, 0.1) is 17.8 Å². The molecule has 9 heteroatoms. The molecule has 3 fully saturated rings. The van der Waals surface area contributed by atoms with Gasteiger partial charge in [-0.25, -0.2) is 0 Å². The summed E-state index contributed by atoms with van der Waals surface area (Å²) < 4.78 is 4.50. The number of hydrogen-bond acceptors (Lipinski definition) is 6. The molecule has 3 N–H and O–H groups in total. The average Bonchev–Trinajstić information content (AvgIpc) is 3.43. The lowest BCUT2D eigenvalue weighted by Gasteiger charge is -2.40. The zero-order chi connectivity index (χ0) is 24.6. The highest BCUT2D eigenvalue weighted by atomic mass is 32.2. The number of amides is 3. The number of anilines is 1. The van der Waals surface area contributed by atoms with Gasteiger partial charge in [0.2, 0.25) is 17.7 Å². The molecule has 3 aliphatic rings. The van der Waals surface area contributed by atoms with E-state index in [1.54, 1.807) is 48.0 Å². The largest absolute Gasteiger partial charge is 0.497 e. The Hall–Kier alpha value is -2.26. The van der Waals surface area contributed by atoms with Crippen LogP contribution in [-0.4, -0.2) is 70.1 Å². The van der Waals surface area contributed by atoms with Gasteiger partial charge in [-0.05, 0) is 49.4 Å². The molecule has 7 atom stereocenters. The number of rotatable bonds is 9. The van der Waals surface area contributed by atoms with Crippen molar-refractivity contribution < 1.29 is 24.2 Å². The van der Waals surface area contributed by atoms with E-state index in [0.717, 1.165) is 12.8 Å². The molecule has 3 aliphatic heterocycles. The lowest BCUT2D eigenvalue weighted by molar-refractivity contribution is -0.142. The van der Waals surface area contributed by atoms with E-state index in [4.69, 9.17) is 4.74 Å². The molecule has 0 radical (unpaired) electrons. The van der Waals surface area contributed by atoms with Crippen molar-refractivity contribution in [3.05, 3.63) is 24.3 Å². The van der Waals surface area contributed by atoms with Crippen LogP contribution in [0.5, 0.6) is 5.75 Å². The smallest absolute Gasteiger partial charge is 0.248 e. The van der Waals surface area contributed by atoms with Crippen LogP contribution in [0.3, 0.4) is 0 Å². The van der Waals surface area contributed by atoms with Crippen LogP contribution in [0.25, 0.3) is 0 Å². The minimum absolute atomic E-state index is 0.00782. The predicted molar refractivity (Wildman–Crippen MR) is 132 cm³/mol. The Kier molecular flexibility index (Phi) is 7.14. The first-order chi connectivity index (χ1) is 16.3. The molecule has 1 aromatic carbocycles. The molecule has 4 rings (SSSR count). The van der Waals surface area contributed by atoms with E-state index in [1.165, 1.54) is 0 Å². The van der Waals surface area contributed by atoms with Crippen molar-refractivity contribution >= 4 is 35.2 Å². The number of carbonyl (C=O) groups excluding carboxylic acids is 3. The van der Waals surface area contributed by atoms with Gasteiger partial charge in [-0.2, -0.15) is 0 Å². The molecule has 3 unspecified atom stereocenters. The van der Waals surface area contributed by atoms with Crippen LogP contribution in [0.2, 0.25) is 0 Å². The van der Waals surface area contributed by atoms with Crippen molar-refractivity contribution in [1.29, 1.82) is 0 Å². The quantitative estimate of drug-likeness (QED) is 0.491. The van der Waals surface area contributed by atoms with E-state index in [1.807, 2.05) is 13.8 Å². The van der Waals surface area contributed by atoms with E-state index in [2.05, 4.69) is 17.6 Å². The first kappa shape index (κ1) is 24.9. The van der Waals surface area contributed by atoms with Crippen molar-refractivity contribution in [3.63, 3.8) is 0 Å². The molecular formula is C25H35N3O5S.